The first-order valence-corrected chi connectivity index (χ1v) is 9.89. The molecular formula is C25H22N2O5. The Morgan fingerprint density at radius 2 is 1.44 bits per heavy atom. The highest BCUT2D eigenvalue weighted by Gasteiger charge is 2.41. The maximum atomic E-state index is 13.6. The molecule has 0 atom stereocenters. The summed E-state index contributed by atoms with van der Waals surface area (Å²) in [5, 5.41) is 3.13. The molecule has 0 fully saturated rings. The number of anilines is 2. The number of benzene rings is 3. The molecule has 162 valence electrons. The average Bonchev–Trinajstić information content (AvgIpc) is 3.08. The molecule has 0 spiro atoms. The van der Waals surface area contributed by atoms with Crippen LogP contribution in [0.2, 0.25) is 0 Å². The van der Waals surface area contributed by atoms with Crippen molar-refractivity contribution in [2.75, 3.05) is 31.5 Å². The Morgan fingerprint density at radius 1 is 0.719 bits per heavy atom. The predicted molar refractivity (Wildman–Crippen MR) is 122 cm³/mol. The van der Waals surface area contributed by atoms with Crippen molar-refractivity contribution in [3.8, 4) is 17.2 Å². The standard InChI is InChI=1S/C25H22N2O5/c1-30-18-13-11-17(12-14-18)27-24(28)22(20-9-4-5-10-21(20)32-3)23(25(27)29)26-16-7-6-8-19(15-16)31-2/h4-15,26H,1-3H3. The van der Waals surface area contributed by atoms with Crippen LogP contribution in [0.15, 0.2) is 78.5 Å². The van der Waals surface area contributed by atoms with E-state index in [4.69, 9.17) is 14.2 Å². The van der Waals surface area contributed by atoms with Gasteiger partial charge in [-0.25, -0.2) is 4.90 Å². The van der Waals surface area contributed by atoms with Crippen molar-refractivity contribution in [1.82, 2.24) is 0 Å². The number of hydrogen-bond acceptors (Lipinski definition) is 6. The number of nitrogens with zero attached hydrogens (tertiary/aromatic N) is 1. The minimum absolute atomic E-state index is 0.156. The van der Waals surface area contributed by atoms with Crippen LogP contribution in [0, 0.1) is 0 Å². The van der Waals surface area contributed by atoms with Gasteiger partial charge in [-0.3, -0.25) is 9.59 Å². The molecule has 1 aliphatic heterocycles. The second kappa shape index (κ2) is 8.85. The van der Waals surface area contributed by atoms with Gasteiger partial charge < -0.3 is 19.5 Å². The zero-order chi connectivity index (χ0) is 22.7. The van der Waals surface area contributed by atoms with Crippen molar-refractivity contribution in [1.29, 1.82) is 0 Å². The Hall–Kier alpha value is -4.26. The number of nitrogens with one attached hydrogen (secondary N) is 1. The highest BCUT2D eigenvalue weighted by atomic mass is 16.5. The van der Waals surface area contributed by atoms with E-state index in [0.29, 0.717) is 34.2 Å². The molecule has 3 aromatic rings. The topological polar surface area (TPSA) is 77.1 Å². The van der Waals surface area contributed by atoms with E-state index in [0.717, 1.165) is 4.90 Å². The minimum atomic E-state index is -0.469. The minimum Gasteiger partial charge on any atom is -0.497 e. The number of carbonyl (C=O) groups excluding carboxylic acids is 2. The molecule has 0 radical (unpaired) electrons. The van der Waals surface area contributed by atoms with Gasteiger partial charge in [-0.2, -0.15) is 0 Å². The van der Waals surface area contributed by atoms with Gasteiger partial charge in [-0.1, -0.05) is 24.3 Å². The van der Waals surface area contributed by atoms with E-state index >= 15 is 0 Å². The van der Waals surface area contributed by atoms with E-state index in [1.165, 1.54) is 7.11 Å². The number of para-hydroxylation sites is 1. The monoisotopic (exact) mass is 430 g/mol. The lowest BCUT2D eigenvalue weighted by molar-refractivity contribution is -0.120. The highest BCUT2D eigenvalue weighted by Crippen LogP contribution is 2.37. The third kappa shape index (κ3) is 3.76. The van der Waals surface area contributed by atoms with Crippen molar-refractivity contribution < 1.29 is 23.8 Å². The fourth-order valence-electron chi connectivity index (χ4n) is 3.56. The van der Waals surface area contributed by atoms with Crippen LogP contribution in [0.1, 0.15) is 5.56 Å². The van der Waals surface area contributed by atoms with Gasteiger partial charge in [0.1, 0.15) is 22.9 Å². The molecule has 1 N–H and O–H groups in total. The van der Waals surface area contributed by atoms with Crippen LogP contribution in [0.25, 0.3) is 5.57 Å². The van der Waals surface area contributed by atoms with E-state index in [2.05, 4.69) is 5.32 Å². The van der Waals surface area contributed by atoms with Gasteiger partial charge in [0.2, 0.25) is 0 Å². The van der Waals surface area contributed by atoms with Gasteiger partial charge in [-0.15, -0.1) is 0 Å². The summed E-state index contributed by atoms with van der Waals surface area (Å²) >= 11 is 0. The lowest BCUT2D eigenvalue weighted by Gasteiger charge is -2.16. The smallest absolute Gasteiger partial charge is 0.282 e. The summed E-state index contributed by atoms with van der Waals surface area (Å²) in [4.78, 5) is 28.2. The summed E-state index contributed by atoms with van der Waals surface area (Å²) in [6.45, 7) is 0. The molecule has 4 rings (SSSR count). The van der Waals surface area contributed by atoms with Gasteiger partial charge in [0, 0.05) is 17.3 Å². The molecule has 0 saturated carbocycles. The van der Waals surface area contributed by atoms with Gasteiger partial charge in [0.25, 0.3) is 11.8 Å². The van der Waals surface area contributed by atoms with Crippen molar-refractivity contribution in [3.63, 3.8) is 0 Å². The molecule has 32 heavy (non-hydrogen) atoms. The maximum Gasteiger partial charge on any atom is 0.282 e. The second-order valence-corrected chi connectivity index (χ2v) is 6.95. The Labute approximate surface area is 185 Å². The third-order valence-corrected chi connectivity index (χ3v) is 5.13. The molecule has 0 bridgehead atoms. The molecular weight excluding hydrogens is 408 g/mol. The lowest BCUT2D eigenvalue weighted by atomic mass is 10.0. The Morgan fingerprint density at radius 3 is 2.12 bits per heavy atom. The molecule has 2 amide bonds. The molecule has 3 aromatic carbocycles. The molecule has 0 unspecified atom stereocenters. The van der Waals surface area contributed by atoms with Crippen molar-refractivity contribution >= 4 is 28.8 Å². The zero-order valence-corrected chi connectivity index (χ0v) is 17.9. The van der Waals surface area contributed by atoms with Gasteiger partial charge in [-0.05, 0) is 42.5 Å². The second-order valence-electron chi connectivity index (χ2n) is 6.95. The number of hydrogen-bond donors (Lipinski definition) is 1. The average molecular weight is 430 g/mol. The predicted octanol–water partition coefficient (Wildman–Crippen LogP) is 4.11. The largest absolute Gasteiger partial charge is 0.497 e. The van der Waals surface area contributed by atoms with E-state index in [9.17, 15) is 9.59 Å². The molecule has 0 aliphatic carbocycles. The van der Waals surface area contributed by atoms with Crippen LogP contribution < -0.4 is 24.4 Å². The summed E-state index contributed by atoms with van der Waals surface area (Å²) in [7, 11) is 4.64. The van der Waals surface area contributed by atoms with Crippen LogP contribution in [0.5, 0.6) is 17.2 Å². The number of rotatable bonds is 7. The summed E-state index contributed by atoms with van der Waals surface area (Å²) in [5.41, 5.74) is 1.96. The summed E-state index contributed by atoms with van der Waals surface area (Å²) in [6.07, 6.45) is 0. The van der Waals surface area contributed by atoms with Gasteiger partial charge in [0.05, 0.1) is 32.6 Å². The van der Waals surface area contributed by atoms with E-state index in [1.54, 1.807) is 87.0 Å². The first-order valence-electron chi connectivity index (χ1n) is 9.89. The first kappa shape index (κ1) is 21.0. The Balaban J connectivity index is 1.83. The molecule has 7 heteroatoms. The molecule has 1 heterocycles. The summed E-state index contributed by atoms with van der Waals surface area (Å²) in [6, 6.07) is 21.0. The van der Waals surface area contributed by atoms with E-state index < -0.39 is 11.8 Å². The van der Waals surface area contributed by atoms with Crippen LogP contribution in [0.3, 0.4) is 0 Å². The van der Waals surface area contributed by atoms with Crippen molar-refractivity contribution in [3.05, 3.63) is 84.1 Å². The van der Waals surface area contributed by atoms with Crippen molar-refractivity contribution in [2.24, 2.45) is 0 Å². The van der Waals surface area contributed by atoms with E-state index in [-0.39, 0.29) is 11.3 Å². The quantitative estimate of drug-likeness (QED) is 0.569. The normalized spacial score (nSPS) is 13.4. The summed E-state index contributed by atoms with van der Waals surface area (Å²) < 4.78 is 15.9. The fraction of sp³-hybridized carbons (Fsp3) is 0.120. The van der Waals surface area contributed by atoms with Crippen LogP contribution in [-0.4, -0.2) is 33.1 Å². The van der Waals surface area contributed by atoms with Gasteiger partial charge >= 0.3 is 0 Å². The summed E-state index contributed by atoms with van der Waals surface area (Å²) in [5.74, 6) is 0.822. The first-order chi connectivity index (χ1) is 15.6. The molecule has 0 aromatic heterocycles. The Kier molecular flexibility index (Phi) is 5.81. The number of methoxy groups -OCH3 is 3. The molecule has 7 nitrogen and oxygen atoms in total. The molecule has 0 saturated heterocycles. The SMILES string of the molecule is COc1ccc(N2C(=O)C(Nc3cccc(OC)c3)=C(c3ccccc3OC)C2=O)cc1. The van der Waals surface area contributed by atoms with Crippen molar-refractivity contribution in [2.45, 2.75) is 0 Å². The van der Waals surface area contributed by atoms with Crippen LogP contribution in [-0.2, 0) is 9.59 Å². The van der Waals surface area contributed by atoms with E-state index in [1.807, 2.05) is 0 Å². The van der Waals surface area contributed by atoms with Crippen LogP contribution in [0.4, 0.5) is 11.4 Å². The van der Waals surface area contributed by atoms with Crippen LogP contribution >= 0.6 is 0 Å². The number of imide groups is 1. The van der Waals surface area contributed by atoms with Gasteiger partial charge in [0.15, 0.2) is 0 Å². The molecule has 1 aliphatic rings. The number of carbonyl (C=O) groups is 2. The number of ether oxygens (including phenoxy) is 3. The fourth-order valence-corrected chi connectivity index (χ4v) is 3.56. The Bertz CT molecular complexity index is 1200. The highest BCUT2D eigenvalue weighted by molar-refractivity contribution is 6.46. The zero-order valence-electron chi connectivity index (χ0n) is 17.9. The lowest BCUT2D eigenvalue weighted by Crippen LogP contribution is -2.32. The number of amides is 2. The third-order valence-electron chi connectivity index (χ3n) is 5.13. The maximum absolute atomic E-state index is 13.6.